The van der Waals surface area contributed by atoms with E-state index in [-0.39, 0.29) is 0 Å². The Balaban J connectivity index is 2.06. The highest BCUT2D eigenvalue weighted by Gasteiger charge is 2.01. The number of rotatable bonds is 3. The maximum Gasteiger partial charge on any atom is 0.122 e. The van der Waals surface area contributed by atoms with Crippen molar-refractivity contribution < 1.29 is 4.42 Å². The number of nitrogens with zero attached hydrogens (tertiary/aromatic N) is 1. The fourth-order valence-corrected chi connectivity index (χ4v) is 1.54. The van der Waals surface area contributed by atoms with Crippen LogP contribution in [-0.4, -0.2) is 0 Å². The molecule has 0 spiro atoms. The third-order valence-corrected chi connectivity index (χ3v) is 2.45. The summed E-state index contributed by atoms with van der Waals surface area (Å²) in [5.41, 5.74) is 1.34. The van der Waals surface area contributed by atoms with Gasteiger partial charge in [0.1, 0.15) is 11.8 Å². The molecule has 0 saturated heterocycles. The average Bonchev–Trinajstić information content (AvgIpc) is 2.79. The van der Waals surface area contributed by atoms with Crippen molar-refractivity contribution in [3.8, 4) is 6.07 Å². The van der Waals surface area contributed by atoms with Crippen LogP contribution in [0.3, 0.4) is 0 Å². The van der Waals surface area contributed by atoms with Crippen LogP contribution < -0.4 is 5.32 Å². The molecule has 0 saturated carbocycles. The Hall–Kier alpha value is -1.92. The van der Waals surface area contributed by atoms with Gasteiger partial charge in [0.05, 0.1) is 23.4 Å². The van der Waals surface area contributed by atoms with Crippen molar-refractivity contribution in [1.82, 2.24) is 0 Å². The molecule has 3 nitrogen and oxygen atoms in total. The first-order valence-electron chi connectivity index (χ1n) is 4.75. The van der Waals surface area contributed by atoms with E-state index in [4.69, 9.17) is 21.3 Å². The van der Waals surface area contributed by atoms with Crippen molar-refractivity contribution in [2.24, 2.45) is 0 Å². The molecule has 0 unspecified atom stereocenters. The van der Waals surface area contributed by atoms with Crippen LogP contribution in [0.15, 0.2) is 41.0 Å². The largest absolute Gasteiger partial charge is 0.467 e. The average molecular weight is 233 g/mol. The third kappa shape index (κ3) is 2.36. The second-order valence-corrected chi connectivity index (χ2v) is 3.65. The third-order valence-electron chi connectivity index (χ3n) is 2.14. The van der Waals surface area contributed by atoms with Crippen molar-refractivity contribution in [3.63, 3.8) is 0 Å². The second kappa shape index (κ2) is 4.73. The van der Waals surface area contributed by atoms with Gasteiger partial charge in [-0.2, -0.15) is 5.26 Å². The molecule has 2 aromatic rings. The van der Waals surface area contributed by atoms with Gasteiger partial charge in [-0.25, -0.2) is 0 Å². The van der Waals surface area contributed by atoms with Gasteiger partial charge in [-0.1, -0.05) is 11.6 Å². The van der Waals surface area contributed by atoms with Crippen LogP contribution >= 0.6 is 11.6 Å². The van der Waals surface area contributed by atoms with Gasteiger partial charge in [0.25, 0.3) is 0 Å². The Labute approximate surface area is 98.3 Å². The van der Waals surface area contributed by atoms with Gasteiger partial charge < -0.3 is 9.73 Å². The molecule has 0 bridgehead atoms. The number of hydrogen-bond acceptors (Lipinski definition) is 3. The molecule has 0 atom stereocenters. The van der Waals surface area contributed by atoms with Crippen LogP contribution in [0.1, 0.15) is 11.3 Å². The number of hydrogen-bond donors (Lipinski definition) is 1. The quantitative estimate of drug-likeness (QED) is 0.882. The normalized spacial score (nSPS) is 9.75. The molecule has 2 rings (SSSR count). The van der Waals surface area contributed by atoms with E-state index in [1.165, 1.54) is 0 Å². The predicted octanol–water partition coefficient (Wildman–Crippen LogP) is 3.42. The topological polar surface area (TPSA) is 49.0 Å². The Bertz CT molecular complexity index is 514. The molecule has 0 aliphatic rings. The van der Waals surface area contributed by atoms with Crippen LogP contribution in [0, 0.1) is 11.3 Å². The molecule has 4 heteroatoms. The number of furan rings is 1. The van der Waals surface area contributed by atoms with Crippen LogP contribution in [0.4, 0.5) is 5.69 Å². The zero-order chi connectivity index (χ0) is 11.4. The molecule has 0 radical (unpaired) electrons. The minimum atomic E-state index is 0.451. The van der Waals surface area contributed by atoms with Gasteiger partial charge in [-0.05, 0) is 30.3 Å². The van der Waals surface area contributed by atoms with Gasteiger partial charge >= 0.3 is 0 Å². The predicted molar refractivity (Wildman–Crippen MR) is 62.2 cm³/mol. The molecule has 1 aromatic carbocycles. The van der Waals surface area contributed by atoms with E-state index in [9.17, 15) is 0 Å². The Kier molecular flexibility index (Phi) is 3.13. The van der Waals surface area contributed by atoms with E-state index in [1.54, 1.807) is 18.4 Å². The highest BCUT2D eigenvalue weighted by molar-refractivity contribution is 6.32. The SMILES string of the molecule is N#Cc1ccc(NCc2ccco2)cc1Cl. The molecular formula is C12H9ClN2O. The van der Waals surface area contributed by atoms with Gasteiger partial charge in [-0.15, -0.1) is 0 Å². The molecule has 1 aromatic heterocycles. The van der Waals surface area contributed by atoms with E-state index in [0.29, 0.717) is 17.1 Å². The summed E-state index contributed by atoms with van der Waals surface area (Å²) in [5, 5.41) is 12.3. The monoisotopic (exact) mass is 232 g/mol. The minimum absolute atomic E-state index is 0.451. The van der Waals surface area contributed by atoms with Crippen LogP contribution in [0.5, 0.6) is 0 Å². The first-order chi connectivity index (χ1) is 7.79. The summed E-state index contributed by atoms with van der Waals surface area (Å²) >= 11 is 5.90. The van der Waals surface area contributed by atoms with Crippen molar-refractivity contribution >= 4 is 17.3 Å². The van der Waals surface area contributed by atoms with Crippen molar-refractivity contribution in [2.45, 2.75) is 6.54 Å². The smallest absolute Gasteiger partial charge is 0.122 e. The molecule has 1 heterocycles. The fourth-order valence-electron chi connectivity index (χ4n) is 1.32. The van der Waals surface area contributed by atoms with Crippen LogP contribution in [0.25, 0.3) is 0 Å². The summed E-state index contributed by atoms with van der Waals surface area (Å²) in [6.07, 6.45) is 1.63. The van der Waals surface area contributed by atoms with Crippen LogP contribution in [0.2, 0.25) is 5.02 Å². The molecule has 0 amide bonds. The van der Waals surface area contributed by atoms with E-state index >= 15 is 0 Å². The lowest BCUT2D eigenvalue weighted by atomic mass is 10.2. The fraction of sp³-hybridized carbons (Fsp3) is 0.0833. The number of anilines is 1. The zero-order valence-corrected chi connectivity index (χ0v) is 9.16. The molecule has 16 heavy (non-hydrogen) atoms. The summed E-state index contributed by atoms with van der Waals surface area (Å²) in [6.45, 7) is 0.592. The summed E-state index contributed by atoms with van der Waals surface area (Å²) in [6, 6.07) is 11.0. The van der Waals surface area contributed by atoms with Crippen molar-refractivity contribution in [1.29, 1.82) is 5.26 Å². The number of benzene rings is 1. The maximum absolute atomic E-state index is 8.72. The van der Waals surface area contributed by atoms with Crippen LogP contribution in [-0.2, 0) is 6.54 Å². The lowest BCUT2D eigenvalue weighted by Crippen LogP contribution is -1.98. The standard InChI is InChI=1S/C12H9ClN2O/c13-12-6-10(4-3-9(12)7-14)15-8-11-2-1-5-16-11/h1-6,15H,8H2. The highest BCUT2D eigenvalue weighted by atomic mass is 35.5. The number of nitrogens with one attached hydrogen (secondary N) is 1. The summed E-state index contributed by atoms with van der Waals surface area (Å²) in [7, 11) is 0. The molecule has 0 aliphatic heterocycles. The first kappa shape index (κ1) is 10.6. The Morgan fingerprint density at radius 1 is 1.38 bits per heavy atom. The van der Waals surface area contributed by atoms with E-state index < -0.39 is 0 Å². The minimum Gasteiger partial charge on any atom is -0.467 e. The molecule has 80 valence electrons. The highest BCUT2D eigenvalue weighted by Crippen LogP contribution is 2.20. The van der Waals surface area contributed by atoms with E-state index in [1.807, 2.05) is 24.3 Å². The number of halogens is 1. The van der Waals surface area contributed by atoms with Crippen molar-refractivity contribution in [2.75, 3.05) is 5.32 Å². The maximum atomic E-state index is 8.72. The summed E-state index contributed by atoms with van der Waals surface area (Å²) in [4.78, 5) is 0. The van der Waals surface area contributed by atoms with Gasteiger partial charge in [0, 0.05) is 5.69 Å². The molecular weight excluding hydrogens is 224 g/mol. The molecule has 0 fully saturated rings. The Morgan fingerprint density at radius 3 is 2.88 bits per heavy atom. The van der Waals surface area contributed by atoms with E-state index in [0.717, 1.165) is 11.4 Å². The zero-order valence-electron chi connectivity index (χ0n) is 8.40. The van der Waals surface area contributed by atoms with Gasteiger partial charge in [0.15, 0.2) is 0 Å². The molecule has 1 N–H and O–H groups in total. The van der Waals surface area contributed by atoms with Gasteiger partial charge in [0.2, 0.25) is 0 Å². The number of nitriles is 1. The summed E-state index contributed by atoms with van der Waals surface area (Å²) in [5.74, 6) is 0.848. The molecule has 0 aliphatic carbocycles. The van der Waals surface area contributed by atoms with Crippen molar-refractivity contribution in [3.05, 3.63) is 52.9 Å². The Morgan fingerprint density at radius 2 is 2.25 bits per heavy atom. The second-order valence-electron chi connectivity index (χ2n) is 3.24. The van der Waals surface area contributed by atoms with E-state index in [2.05, 4.69) is 5.32 Å². The lowest BCUT2D eigenvalue weighted by Gasteiger charge is -2.05. The lowest BCUT2D eigenvalue weighted by molar-refractivity contribution is 0.518. The first-order valence-corrected chi connectivity index (χ1v) is 5.13. The van der Waals surface area contributed by atoms with Gasteiger partial charge in [-0.3, -0.25) is 0 Å². The summed E-state index contributed by atoms with van der Waals surface area (Å²) < 4.78 is 5.18.